The highest BCUT2D eigenvalue weighted by molar-refractivity contribution is 9.10. The molecule has 0 amide bonds. The Labute approximate surface area is 119 Å². The minimum atomic E-state index is 0.822. The molecule has 1 aliphatic rings. The van der Waals surface area contributed by atoms with Gasteiger partial charge in [0.1, 0.15) is 5.75 Å². The molecule has 0 aliphatic carbocycles. The second-order valence-corrected chi connectivity index (χ2v) is 5.93. The number of benzene rings is 1. The van der Waals surface area contributed by atoms with Gasteiger partial charge in [-0.05, 0) is 37.1 Å². The lowest BCUT2D eigenvalue weighted by atomic mass is 10.1. The van der Waals surface area contributed by atoms with Gasteiger partial charge >= 0.3 is 0 Å². The van der Waals surface area contributed by atoms with Crippen LogP contribution in [0.3, 0.4) is 0 Å². The van der Waals surface area contributed by atoms with Crippen LogP contribution in [0, 0.1) is 0 Å². The maximum Gasteiger partial charge on any atom is 0.127 e. The smallest absolute Gasteiger partial charge is 0.127 e. The van der Waals surface area contributed by atoms with E-state index < -0.39 is 0 Å². The SMILES string of the molecule is BrCCCCNCc1cc(Br)cc2c1OCC2. The van der Waals surface area contributed by atoms with Crippen molar-refractivity contribution in [3.05, 3.63) is 27.7 Å². The highest BCUT2D eigenvalue weighted by Crippen LogP contribution is 2.32. The van der Waals surface area contributed by atoms with E-state index in [-0.39, 0.29) is 0 Å². The monoisotopic (exact) mass is 361 g/mol. The molecule has 2 nitrogen and oxygen atoms in total. The van der Waals surface area contributed by atoms with E-state index in [2.05, 4.69) is 49.3 Å². The quantitative estimate of drug-likeness (QED) is 0.616. The largest absolute Gasteiger partial charge is 0.493 e. The van der Waals surface area contributed by atoms with Gasteiger partial charge in [-0.2, -0.15) is 0 Å². The fraction of sp³-hybridized carbons (Fsp3) is 0.538. The molecular weight excluding hydrogens is 346 g/mol. The first kappa shape index (κ1) is 13.4. The van der Waals surface area contributed by atoms with Gasteiger partial charge < -0.3 is 10.1 Å². The van der Waals surface area contributed by atoms with Crippen LogP contribution in [-0.4, -0.2) is 18.5 Å². The van der Waals surface area contributed by atoms with Gasteiger partial charge in [-0.25, -0.2) is 0 Å². The summed E-state index contributed by atoms with van der Waals surface area (Å²) in [5.74, 6) is 1.10. The Hall–Kier alpha value is -0.0600. The maximum atomic E-state index is 5.69. The minimum absolute atomic E-state index is 0.822. The number of fused-ring (bicyclic) bond motifs is 1. The van der Waals surface area contributed by atoms with Crippen LogP contribution in [0.1, 0.15) is 24.0 Å². The summed E-state index contributed by atoms with van der Waals surface area (Å²) in [7, 11) is 0. The van der Waals surface area contributed by atoms with Crippen molar-refractivity contribution in [2.45, 2.75) is 25.8 Å². The van der Waals surface area contributed by atoms with Crippen LogP contribution >= 0.6 is 31.9 Å². The number of halogens is 2. The lowest BCUT2D eigenvalue weighted by molar-refractivity contribution is 0.352. The lowest BCUT2D eigenvalue weighted by Crippen LogP contribution is -2.15. The van der Waals surface area contributed by atoms with Gasteiger partial charge in [0, 0.05) is 28.3 Å². The second-order valence-electron chi connectivity index (χ2n) is 4.22. The summed E-state index contributed by atoms with van der Waals surface area (Å²) in [6, 6.07) is 4.32. The van der Waals surface area contributed by atoms with Crippen molar-refractivity contribution < 1.29 is 4.74 Å². The molecule has 0 saturated carbocycles. The van der Waals surface area contributed by atoms with Crippen LogP contribution in [0.2, 0.25) is 0 Å². The van der Waals surface area contributed by atoms with Crippen LogP contribution in [0.15, 0.2) is 16.6 Å². The van der Waals surface area contributed by atoms with E-state index in [9.17, 15) is 0 Å². The first-order valence-corrected chi connectivity index (χ1v) is 7.93. The molecule has 0 atom stereocenters. The van der Waals surface area contributed by atoms with Crippen LogP contribution in [0.4, 0.5) is 0 Å². The van der Waals surface area contributed by atoms with E-state index in [4.69, 9.17) is 4.74 Å². The van der Waals surface area contributed by atoms with Crippen molar-refractivity contribution in [3.63, 3.8) is 0 Å². The molecule has 1 N–H and O–H groups in total. The van der Waals surface area contributed by atoms with Gasteiger partial charge in [-0.1, -0.05) is 31.9 Å². The number of unbranched alkanes of at least 4 members (excludes halogenated alkanes) is 1. The zero-order valence-electron chi connectivity index (χ0n) is 9.77. The van der Waals surface area contributed by atoms with Crippen molar-refractivity contribution in [2.75, 3.05) is 18.5 Å². The van der Waals surface area contributed by atoms with Gasteiger partial charge in [0.2, 0.25) is 0 Å². The molecule has 0 aromatic heterocycles. The van der Waals surface area contributed by atoms with Crippen molar-refractivity contribution in [1.29, 1.82) is 0 Å². The Morgan fingerprint density at radius 3 is 3.00 bits per heavy atom. The van der Waals surface area contributed by atoms with E-state index in [1.54, 1.807) is 0 Å². The third-order valence-corrected chi connectivity index (χ3v) is 3.90. The van der Waals surface area contributed by atoms with E-state index in [0.717, 1.165) is 41.7 Å². The van der Waals surface area contributed by atoms with Crippen LogP contribution in [0.5, 0.6) is 5.75 Å². The lowest BCUT2D eigenvalue weighted by Gasteiger charge is -2.10. The Morgan fingerprint density at radius 2 is 2.18 bits per heavy atom. The van der Waals surface area contributed by atoms with Gasteiger partial charge in [0.25, 0.3) is 0 Å². The van der Waals surface area contributed by atoms with Crippen LogP contribution in [-0.2, 0) is 13.0 Å². The van der Waals surface area contributed by atoms with Crippen molar-refractivity contribution >= 4 is 31.9 Å². The van der Waals surface area contributed by atoms with Crippen molar-refractivity contribution in [3.8, 4) is 5.75 Å². The summed E-state index contributed by atoms with van der Waals surface area (Å²) in [6.07, 6.45) is 3.47. The molecule has 1 aromatic rings. The normalized spacial score (nSPS) is 13.5. The summed E-state index contributed by atoms with van der Waals surface area (Å²) in [4.78, 5) is 0. The number of ether oxygens (including phenoxy) is 1. The summed E-state index contributed by atoms with van der Waals surface area (Å²) < 4.78 is 6.85. The van der Waals surface area contributed by atoms with Gasteiger partial charge in [0.05, 0.1) is 6.61 Å². The highest BCUT2D eigenvalue weighted by Gasteiger charge is 2.16. The number of alkyl halides is 1. The topological polar surface area (TPSA) is 21.3 Å². The molecule has 0 bridgehead atoms. The predicted octanol–water partition coefficient (Wildman–Crippen LogP) is 3.65. The summed E-state index contributed by atoms with van der Waals surface area (Å²) >= 11 is 7.00. The summed E-state index contributed by atoms with van der Waals surface area (Å²) in [5.41, 5.74) is 2.60. The first-order chi connectivity index (χ1) is 8.31. The predicted molar refractivity (Wildman–Crippen MR) is 78.1 cm³/mol. The maximum absolute atomic E-state index is 5.69. The molecular formula is C13H17Br2NO. The van der Waals surface area contributed by atoms with Crippen molar-refractivity contribution in [1.82, 2.24) is 5.32 Å². The Kier molecular flexibility index (Phi) is 5.32. The summed E-state index contributed by atoms with van der Waals surface area (Å²) in [5, 5.41) is 4.56. The number of hydrogen-bond acceptors (Lipinski definition) is 2. The molecule has 0 saturated heterocycles. The standard InChI is InChI=1S/C13H17Br2NO/c14-4-1-2-5-16-9-11-8-12(15)7-10-3-6-17-13(10)11/h7-8,16H,1-6,9H2. The second kappa shape index (κ2) is 6.76. The Bertz CT molecular complexity index is 382. The fourth-order valence-corrected chi connectivity index (χ4v) is 2.99. The molecule has 0 fully saturated rings. The van der Waals surface area contributed by atoms with Crippen LogP contribution < -0.4 is 10.1 Å². The fourth-order valence-electron chi connectivity index (χ4n) is 2.04. The zero-order valence-corrected chi connectivity index (χ0v) is 12.9. The molecule has 17 heavy (non-hydrogen) atoms. The molecule has 94 valence electrons. The molecule has 0 spiro atoms. The van der Waals surface area contributed by atoms with E-state index in [1.165, 1.54) is 24.0 Å². The summed E-state index contributed by atoms with van der Waals surface area (Å²) in [6.45, 7) is 2.78. The third-order valence-electron chi connectivity index (χ3n) is 2.88. The van der Waals surface area contributed by atoms with E-state index in [0.29, 0.717) is 0 Å². The number of rotatable bonds is 6. The zero-order chi connectivity index (χ0) is 12.1. The molecule has 1 heterocycles. The molecule has 0 radical (unpaired) electrons. The number of nitrogens with one attached hydrogen (secondary N) is 1. The molecule has 1 aliphatic heterocycles. The van der Waals surface area contributed by atoms with Gasteiger partial charge in [-0.3, -0.25) is 0 Å². The van der Waals surface area contributed by atoms with Gasteiger partial charge in [-0.15, -0.1) is 0 Å². The van der Waals surface area contributed by atoms with Gasteiger partial charge in [0.15, 0.2) is 0 Å². The first-order valence-electron chi connectivity index (χ1n) is 6.02. The average Bonchev–Trinajstić information content (AvgIpc) is 2.76. The van der Waals surface area contributed by atoms with E-state index >= 15 is 0 Å². The molecule has 4 heteroatoms. The molecule has 0 unspecified atom stereocenters. The van der Waals surface area contributed by atoms with Crippen molar-refractivity contribution in [2.24, 2.45) is 0 Å². The highest BCUT2D eigenvalue weighted by atomic mass is 79.9. The Morgan fingerprint density at radius 1 is 1.29 bits per heavy atom. The Balaban J connectivity index is 1.92. The van der Waals surface area contributed by atoms with E-state index in [1.807, 2.05) is 0 Å². The minimum Gasteiger partial charge on any atom is -0.493 e. The average molecular weight is 363 g/mol. The van der Waals surface area contributed by atoms with Crippen LogP contribution in [0.25, 0.3) is 0 Å². The third kappa shape index (κ3) is 3.70. The number of hydrogen-bond donors (Lipinski definition) is 1. The molecule has 2 rings (SSSR count). The molecule has 1 aromatic carbocycles.